The minimum Gasteiger partial charge on any atom is -0.451 e. The van der Waals surface area contributed by atoms with Crippen LogP contribution in [0.3, 0.4) is 0 Å². The maximum absolute atomic E-state index is 13.8. The predicted octanol–water partition coefficient (Wildman–Crippen LogP) is 5.27. The first kappa shape index (κ1) is 16.6. The molecule has 0 N–H and O–H groups in total. The van der Waals surface area contributed by atoms with Gasteiger partial charge >= 0.3 is 12.0 Å². The Balaban J connectivity index is 2.06. The van der Waals surface area contributed by atoms with E-state index in [1.807, 2.05) is 18.2 Å². The standard InChI is InChI=1S/C19H17F3O2/c1-2-16-17(13-14-9-5-3-6-10-14)24-18(23-16,19(20,21)22)15-11-7-4-8-12-15/h3-13,16H,2H2,1H3/b17-13-. The van der Waals surface area contributed by atoms with Gasteiger partial charge in [-0.15, -0.1) is 0 Å². The second-order valence-corrected chi connectivity index (χ2v) is 5.55. The predicted molar refractivity (Wildman–Crippen MR) is 84.8 cm³/mol. The van der Waals surface area contributed by atoms with Gasteiger partial charge in [0.25, 0.3) is 0 Å². The minimum absolute atomic E-state index is 0.0626. The molecule has 0 spiro atoms. The van der Waals surface area contributed by atoms with E-state index < -0.39 is 18.1 Å². The molecule has 24 heavy (non-hydrogen) atoms. The zero-order valence-corrected chi connectivity index (χ0v) is 13.1. The van der Waals surface area contributed by atoms with E-state index in [9.17, 15) is 13.2 Å². The molecule has 126 valence electrons. The summed E-state index contributed by atoms with van der Waals surface area (Å²) >= 11 is 0. The molecule has 2 aromatic rings. The molecule has 1 aliphatic heterocycles. The van der Waals surface area contributed by atoms with Gasteiger partial charge in [0.05, 0.1) is 0 Å². The van der Waals surface area contributed by atoms with Gasteiger partial charge in [0.1, 0.15) is 11.9 Å². The summed E-state index contributed by atoms with van der Waals surface area (Å²) in [5, 5.41) is 0. The average molecular weight is 334 g/mol. The third-order valence-corrected chi connectivity index (χ3v) is 3.89. The van der Waals surface area contributed by atoms with Crippen molar-refractivity contribution in [2.45, 2.75) is 31.4 Å². The molecule has 0 aromatic heterocycles. The molecular formula is C19H17F3O2. The van der Waals surface area contributed by atoms with Gasteiger partial charge in [-0.2, -0.15) is 13.2 Å². The summed E-state index contributed by atoms with van der Waals surface area (Å²) in [6, 6.07) is 16.5. The van der Waals surface area contributed by atoms with Crippen molar-refractivity contribution in [2.24, 2.45) is 0 Å². The van der Waals surface area contributed by atoms with Gasteiger partial charge in [-0.3, -0.25) is 0 Å². The zero-order valence-electron chi connectivity index (χ0n) is 13.1. The highest BCUT2D eigenvalue weighted by molar-refractivity contribution is 5.52. The monoisotopic (exact) mass is 334 g/mol. The van der Waals surface area contributed by atoms with E-state index in [0.717, 1.165) is 5.56 Å². The molecule has 1 fully saturated rings. The van der Waals surface area contributed by atoms with Gasteiger partial charge < -0.3 is 9.47 Å². The Bertz CT molecular complexity index is 710. The smallest absolute Gasteiger partial charge is 0.451 e. The Kier molecular flexibility index (Phi) is 4.37. The fourth-order valence-electron chi connectivity index (χ4n) is 2.71. The molecule has 0 bridgehead atoms. The van der Waals surface area contributed by atoms with E-state index in [4.69, 9.17) is 9.47 Å². The molecule has 0 radical (unpaired) electrons. The molecule has 0 aliphatic carbocycles. The Morgan fingerprint density at radius 1 is 1.00 bits per heavy atom. The van der Waals surface area contributed by atoms with Crippen molar-refractivity contribution in [1.29, 1.82) is 0 Å². The van der Waals surface area contributed by atoms with Crippen LogP contribution in [0.2, 0.25) is 0 Å². The number of ether oxygens (including phenoxy) is 2. The quantitative estimate of drug-likeness (QED) is 0.761. The zero-order chi connectivity index (χ0) is 17.2. The first-order chi connectivity index (χ1) is 11.5. The van der Waals surface area contributed by atoms with Crippen molar-refractivity contribution in [3.8, 4) is 0 Å². The van der Waals surface area contributed by atoms with Crippen LogP contribution in [-0.2, 0) is 15.3 Å². The van der Waals surface area contributed by atoms with Crippen LogP contribution in [0.1, 0.15) is 24.5 Å². The number of benzene rings is 2. The lowest BCUT2D eigenvalue weighted by Gasteiger charge is -2.30. The Hall–Kier alpha value is -2.27. The van der Waals surface area contributed by atoms with Gasteiger partial charge in [0.2, 0.25) is 0 Å². The van der Waals surface area contributed by atoms with E-state index in [2.05, 4.69) is 0 Å². The van der Waals surface area contributed by atoms with Crippen LogP contribution in [-0.4, -0.2) is 12.3 Å². The lowest BCUT2D eigenvalue weighted by Crippen LogP contribution is -2.43. The lowest BCUT2D eigenvalue weighted by atomic mass is 10.1. The highest BCUT2D eigenvalue weighted by Crippen LogP contribution is 2.51. The third-order valence-electron chi connectivity index (χ3n) is 3.89. The highest BCUT2D eigenvalue weighted by Gasteiger charge is 2.65. The van der Waals surface area contributed by atoms with Crippen LogP contribution in [0.4, 0.5) is 13.2 Å². The maximum atomic E-state index is 13.8. The van der Waals surface area contributed by atoms with Gasteiger partial charge in [-0.05, 0) is 18.1 Å². The van der Waals surface area contributed by atoms with Crippen molar-refractivity contribution in [3.05, 3.63) is 77.5 Å². The molecule has 5 heteroatoms. The van der Waals surface area contributed by atoms with Gasteiger partial charge in [0.15, 0.2) is 0 Å². The van der Waals surface area contributed by atoms with E-state index in [1.165, 1.54) is 24.3 Å². The number of rotatable bonds is 3. The maximum Gasteiger partial charge on any atom is 0.460 e. The van der Waals surface area contributed by atoms with Crippen LogP contribution in [0, 0.1) is 0 Å². The molecule has 1 aliphatic rings. The third kappa shape index (κ3) is 2.91. The van der Waals surface area contributed by atoms with Crippen LogP contribution in [0.25, 0.3) is 6.08 Å². The largest absolute Gasteiger partial charge is 0.460 e. The van der Waals surface area contributed by atoms with E-state index in [1.54, 1.807) is 31.2 Å². The first-order valence-electron chi connectivity index (χ1n) is 7.72. The van der Waals surface area contributed by atoms with Crippen LogP contribution < -0.4 is 0 Å². The van der Waals surface area contributed by atoms with E-state index in [-0.39, 0.29) is 11.3 Å². The Morgan fingerprint density at radius 2 is 1.58 bits per heavy atom. The summed E-state index contributed by atoms with van der Waals surface area (Å²) in [5.41, 5.74) is 0.702. The molecule has 3 rings (SSSR count). The molecule has 0 amide bonds. The van der Waals surface area contributed by atoms with E-state index >= 15 is 0 Å². The van der Waals surface area contributed by atoms with Crippen LogP contribution >= 0.6 is 0 Å². The Morgan fingerprint density at radius 3 is 2.12 bits per heavy atom. The summed E-state index contributed by atoms with van der Waals surface area (Å²) < 4.78 is 52.4. The molecule has 2 aromatic carbocycles. The second kappa shape index (κ2) is 6.32. The summed E-state index contributed by atoms with van der Waals surface area (Å²) in [4.78, 5) is 0. The van der Waals surface area contributed by atoms with Crippen LogP contribution in [0.15, 0.2) is 66.4 Å². The van der Waals surface area contributed by atoms with Gasteiger partial charge in [0, 0.05) is 5.56 Å². The normalized spacial score (nSPS) is 25.7. The molecule has 1 saturated heterocycles. The topological polar surface area (TPSA) is 18.5 Å². The molecular weight excluding hydrogens is 317 g/mol. The fourth-order valence-corrected chi connectivity index (χ4v) is 2.71. The first-order valence-corrected chi connectivity index (χ1v) is 7.72. The minimum atomic E-state index is -4.70. The van der Waals surface area contributed by atoms with Gasteiger partial charge in [-0.25, -0.2) is 0 Å². The fraction of sp³-hybridized carbons (Fsp3) is 0.263. The molecule has 1 heterocycles. The number of hydrogen-bond donors (Lipinski definition) is 0. The highest BCUT2D eigenvalue weighted by atomic mass is 19.4. The van der Waals surface area contributed by atoms with Crippen molar-refractivity contribution in [3.63, 3.8) is 0 Å². The molecule has 2 nitrogen and oxygen atoms in total. The van der Waals surface area contributed by atoms with Crippen molar-refractivity contribution >= 4 is 6.08 Å². The van der Waals surface area contributed by atoms with Crippen LogP contribution in [0.5, 0.6) is 0 Å². The summed E-state index contributed by atoms with van der Waals surface area (Å²) in [7, 11) is 0. The Labute approximate surface area is 138 Å². The average Bonchev–Trinajstić information content (AvgIpc) is 2.96. The number of hydrogen-bond acceptors (Lipinski definition) is 2. The number of alkyl halides is 3. The SMILES string of the molecule is CCC1OC(c2ccccc2)(C(F)(F)F)O/C1=C\c1ccccc1. The summed E-state index contributed by atoms with van der Waals surface area (Å²) in [6.45, 7) is 1.77. The molecule has 2 unspecified atom stereocenters. The van der Waals surface area contributed by atoms with Crippen molar-refractivity contribution in [2.75, 3.05) is 0 Å². The van der Waals surface area contributed by atoms with Gasteiger partial charge in [-0.1, -0.05) is 67.6 Å². The molecule has 0 saturated carbocycles. The molecule has 2 atom stereocenters. The number of halogens is 3. The lowest BCUT2D eigenvalue weighted by molar-refractivity contribution is -0.354. The van der Waals surface area contributed by atoms with Crippen molar-refractivity contribution < 1.29 is 22.6 Å². The summed E-state index contributed by atoms with van der Waals surface area (Å²) in [5.74, 6) is -2.58. The van der Waals surface area contributed by atoms with E-state index in [0.29, 0.717) is 6.42 Å². The van der Waals surface area contributed by atoms with Crippen molar-refractivity contribution in [1.82, 2.24) is 0 Å². The second-order valence-electron chi connectivity index (χ2n) is 5.55. The summed E-state index contributed by atoms with van der Waals surface area (Å²) in [6.07, 6.45) is -3.48.